The number of hydrogen-bond acceptors (Lipinski definition) is 3. The smallest absolute Gasteiger partial charge is 0.339 e. The summed E-state index contributed by atoms with van der Waals surface area (Å²) in [4.78, 5) is 23.6. The highest BCUT2D eigenvalue weighted by molar-refractivity contribution is 6.30. The van der Waals surface area contributed by atoms with Crippen molar-refractivity contribution < 1.29 is 14.3 Å². The van der Waals surface area contributed by atoms with Crippen molar-refractivity contribution in [3.8, 4) is 0 Å². The molecule has 0 bridgehead atoms. The Morgan fingerprint density at radius 2 is 1.78 bits per heavy atom. The Labute approximate surface area is 139 Å². The molecule has 0 aliphatic heterocycles. The second-order valence-electron chi connectivity index (χ2n) is 4.79. The predicted molar refractivity (Wildman–Crippen MR) is 90.0 cm³/mol. The fourth-order valence-corrected chi connectivity index (χ4v) is 2.14. The van der Waals surface area contributed by atoms with Gasteiger partial charge in [0.1, 0.15) is 0 Å². The Morgan fingerprint density at radius 3 is 2.48 bits per heavy atom. The van der Waals surface area contributed by atoms with E-state index in [-0.39, 0.29) is 6.03 Å². The molecule has 0 aliphatic rings. The highest BCUT2D eigenvalue weighted by Gasteiger charge is 2.12. The highest BCUT2D eigenvalue weighted by atomic mass is 35.5. The van der Waals surface area contributed by atoms with Crippen molar-refractivity contribution in [2.24, 2.45) is 0 Å². The third-order valence-corrected chi connectivity index (χ3v) is 3.45. The molecule has 5 nitrogen and oxygen atoms in total. The number of carbonyl (C=O) groups is 2. The number of para-hydroxylation sites is 1. The van der Waals surface area contributed by atoms with Crippen molar-refractivity contribution in [3.63, 3.8) is 0 Å². The minimum absolute atomic E-state index is 0.308. The van der Waals surface area contributed by atoms with E-state index < -0.39 is 5.97 Å². The number of carbonyl (C=O) groups excluding carboxylic acids is 2. The number of urea groups is 1. The molecule has 0 fully saturated rings. The van der Waals surface area contributed by atoms with Crippen molar-refractivity contribution in [2.75, 3.05) is 19.0 Å². The van der Waals surface area contributed by atoms with Gasteiger partial charge in [-0.25, -0.2) is 9.59 Å². The van der Waals surface area contributed by atoms with Crippen LogP contribution in [0.5, 0.6) is 0 Å². The van der Waals surface area contributed by atoms with E-state index in [1.54, 1.807) is 24.3 Å². The maximum Gasteiger partial charge on any atom is 0.339 e. The SMILES string of the molecule is COC(=O)c1ccccc1NC(=O)NCCc1ccc(Cl)cc1. The van der Waals surface area contributed by atoms with Gasteiger partial charge in [-0.05, 0) is 36.2 Å². The summed E-state index contributed by atoms with van der Waals surface area (Å²) in [5.41, 5.74) is 1.79. The first-order valence-electron chi connectivity index (χ1n) is 7.07. The van der Waals surface area contributed by atoms with Gasteiger partial charge in [0.15, 0.2) is 0 Å². The van der Waals surface area contributed by atoms with Gasteiger partial charge < -0.3 is 15.4 Å². The van der Waals surface area contributed by atoms with E-state index in [2.05, 4.69) is 15.4 Å². The van der Waals surface area contributed by atoms with Gasteiger partial charge in [-0.15, -0.1) is 0 Å². The van der Waals surface area contributed by atoms with Gasteiger partial charge in [-0.3, -0.25) is 0 Å². The zero-order valence-electron chi connectivity index (χ0n) is 12.6. The molecule has 0 radical (unpaired) electrons. The number of hydrogen-bond donors (Lipinski definition) is 2. The first kappa shape index (κ1) is 16.8. The largest absolute Gasteiger partial charge is 0.465 e. The van der Waals surface area contributed by atoms with Crippen LogP contribution in [0.25, 0.3) is 0 Å². The van der Waals surface area contributed by atoms with Crippen molar-refractivity contribution >= 4 is 29.3 Å². The van der Waals surface area contributed by atoms with E-state index >= 15 is 0 Å². The monoisotopic (exact) mass is 332 g/mol. The maximum atomic E-state index is 11.9. The Balaban J connectivity index is 1.88. The van der Waals surface area contributed by atoms with Crippen LogP contribution in [0.1, 0.15) is 15.9 Å². The number of methoxy groups -OCH3 is 1. The highest BCUT2D eigenvalue weighted by Crippen LogP contribution is 2.15. The molecule has 2 aromatic rings. The standard InChI is InChI=1S/C17H17ClN2O3/c1-23-16(21)14-4-2-3-5-15(14)20-17(22)19-11-10-12-6-8-13(18)9-7-12/h2-9H,10-11H2,1H3,(H2,19,20,22). The average molecular weight is 333 g/mol. The maximum absolute atomic E-state index is 11.9. The van der Waals surface area contributed by atoms with Crippen LogP contribution in [0, 0.1) is 0 Å². The van der Waals surface area contributed by atoms with E-state index in [0.29, 0.717) is 29.2 Å². The number of halogens is 1. The van der Waals surface area contributed by atoms with Crippen LogP contribution in [0.15, 0.2) is 48.5 Å². The molecule has 0 aromatic heterocycles. The molecule has 0 atom stereocenters. The molecular formula is C17H17ClN2O3. The molecule has 2 amide bonds. The minimum atomic E-state index is -0.498. The molecule has 0 heterocycles. The van der Waals surface area contributed by atoms with E-state index in [1.165, 1.54) is 7.11 Å². The molecule has 6 heteroatoms. The number of nitrogens with one attached hydrogen (secondary N) is 2. The van der Waals surface area contributed by atoms with Gasteiger partial charge in [0.05, 0.1) is 18.4 Å². The number of rotatable bonds is 5. The molecule has 120 valence electrons. The fraction of sp³-hybridized carbons (Fsp3) is 0.176. The molecule has 2 N–H and O–H groups in total. The van der Waals surface area contributed by atoms with Crippen LogP contribution in [0.2, 0.25) is 5.02 Å². The van der Waals surface area contributed by atoms with Crippen molar-refractivity contribution in [1.82, 2.24) is 5.32 Å². The Bertz CT molecular complexity index is 686. The molecule has 0 spiro atoms. The summed E-state index contributed by atoms with van der Waals surface area (Å²) in [7, 11) is 1.30. The zero-order chi connectivity index (χ0) is 16.7. The van der Waals surface area contributed by atoms with Gasteiger partial charge in [-0.2, -0.15) is 0 Å². The lowest BCUT2D eigenvalue weighted by atomic mass is 10.1. The summed E-state index contributed by atoms with van der Waals surface area (Å²) in [6, 6.07) is 13.7. The fourth-order valence-electron chi connectivity index (χ4n) is 2.02. The number of benzene rings is 2. The van der Waals surface area contributed by atoms with Crippen LogP contribution in [0.4, 0.5) is 10.5 Å². The second-order valence-corrected chi connectivity index (χ2v) is 5.23. The summed E-state index contributed by atoms with van der Waals surface area (Å²) in [5, 5.41) is 6.07. The first-order chi connectivity index (χ1) is 11.1. The van der Waals surface area contributed by atoms with Crippen LogP contribution >= 0.6 is 11.6 Å². The molecular weight excluding hydrogens is 316 g/mol. The van der Waals surface area contributed by atoms with E-state index in [1.807, 2.05) is 24.3 Å². The van der Waals surface area contributed by atoms with Gasteiger partial charge >= 0.3 is 12.0 Å². The Morgan fingerprint density at radius 1 is 1.09 bits per heavy atom. The quantitative estimate of drug-likeness (QED) is 0.824. The number of ether oxygens (including phenoxy) is 1. The first-order valence-corrected chi connectivity index (χ1v) is 7.44. The topological polar surface area (TPSA) is 67.4 Å². The summed E-state index contributed by atoms with van der Waals surface area (Å²) in [5.74, 6) is -0.498. The lowest BCUT2D eigenvalue weighted by Gasteiger charge is -2.10. The van der Waals surface area contributed by atoms with Crippen LogP contribution in [0.3, 0.4) is 0 Å². The summed E-state index contributed by atoms with van der Waals surface area (Å²) < 4.78 is 4.69. The van der Waals surface area contributed by atoms with Crippen LogP contribution in [-0.2, 0) is 11.2 Å². The minimum Gasteiger partial charge on any atom is -0.465 e. The normalized spacial score (nSPS) is 10.0. The molecule has 0 saturated heterocycles. The number of anilines is 1. The Kier molecular flexibility index (Phi) is 6.00. The van der Waals surface area contributed by atoms with E-state index in [9.17, 15) is 9.59 Å². The predicted octanol–water partition coefficient (Wildman–Crippen LogP) is 3.49. The summed E-state index contributed by atoms with van der Waals surface area (Å²) in [6.45, 7) is 0.466. The molecule has 2 rings (SSSR count). The van der Waals surface area contributed by atoms with Crippen molar-refractivity contribution in [2.45, 2.75) is 6.42 Å². The average Bonchev–Trinajstić information content (AvgIpc) is 2.56. The van der Waals surface area contributed by atoms with Crippen molar-refractivity contribution in [1.29, 1.82) is 0 Å². The molecule has 0 saturated carbocycles. The van der Waals surface area contributed by atoms with Gasteiger partial charge in [0.25, 0.3) is 0 Å². The van der Waals surface area contributed by atoms with E-state index in [0.717, 1.165) is 5.56 Å². The zero-order valence-corrected chi connectivity index (χ0v) is 13.4. The second kappa shape index (κ2) is 8.19. The van der Waals surface area contributed by atoms with Gasteiger partial charge in [0, 0.05) is 11.6 Å². The lowest BCUT2D eigenvalue weighted by molar-refractivity contribution is 0.0602. The summed E-state index contributed by atoms with van der Waals surface area (Å²) in [6.07, 6.45) is 0.684. The van der Waals surface area contributed by atoms with E-state index in [4.69, 9.17) is 11.6 Å². The molecule has 23 heavy (non-hydrogen) atoms. The van der Waals surface area contributed by atoms with Gasteiger partial charge in [-0.1, -0.05) is 35.9 Å². The number of amides is 2. The van der Waals surface area contributed by atoms with Crippen LogP contribution in [-0.4, -0.2) is 25.7 Å². The third-order valence-electron chi connectivity index (χ3n) is 3.19. The molecule has 2 aromatic carbocycles. The third kappa shape index (κ3) is 5.00. The van der Waals surface area contributed by atoms with Crippen LogP contribution < -0.4 is 10.6 Å². The summed E-state index contributed by atoms with van der Waals surface area (Å²) >= 11 is 5.82. The van der Waals surface area contributed by atoms with Gasteiger partial charge in [0.2, 0.25) is 0 Å². The molecule has 0 unspecified atom stereocenters. The molecule has 0 aliphatic carbocycles. The van der Waals surface area contributed by atoms with Crippen molar-refractivity contribution in [3.05, 3.63) is 64.7 Å². The lowest BCUT2D eigenvalue weighted by Crippen LogP contribution is -2.31. The Hall–Kier alpha value is -2.53. The number of esters is 1.